The monoisotopic (exact) mass is 311 g/mol. The molecule has 0 aliphatic carbocycles. The summed E-state index contributed by atoms with van der Waals surface area (Å²) in [6.07, 6.45) is 3.25. The lowest BCUT2D eigenvalue weighted by molar-refractivity contribution is -0.140. The first-order valence-corrected chi connectivity index (χ1v) is 8.06. The number of rotatable bonds is 8. The molecule has 1 rings (SSSR count). The number of carbonyl (C=O) groups excluding carboxylic acids is 1. The van der Waals surface area contributed by atoms with E-state index in [0.717, 1.165) is 38.3 Å². The molecule has 118 valence electrons. The molecule has 1 aromatic rings. The van der Waals surface area contributed by atoms with Crippen LogP contribution in [-0.2, 0) is 16.0 Å². The molecule has 0 atom stereocenters. The van der Waals surface area contributed by atoms with Crippen molar-refractivity contribution in [1.82, 2.24) is 10.2 Å². The fourth-order valence-electron chi connectivity index (χ4n) is 1.92. The number of guanidine groups is 1. The van der Waals surface area contributed by atoms with Crippen molar-refractivity contribution in [2.75, 3.05) is 34.3 Å². The van der Waals surface area contributed by atoms with Gasteiger partial charge in [0.2, 0.25) is 0 Å². The Labute approximate surface area is 131 Å². The van der Waals surface area contributed by atoms with Crippen LogP contribution in [0.1, 0.15) is 24.1 Å². The number of carbonyl (C=O) groups is 1. The van der Waals surface area contributed by atoms with E-state index in [4.69, 9.17) is 0 Å². The highest BCUT2D eigenvalue weighted by Crippen LogP contribution is 2.09. The number of hydrogen-bond acceptors (Lipinski definition) is 4. The summed E-state index contributed by atoms with van der Waals surface area (Å²) >= 11 is 1.78. The molecule has 0 bridgehead atoms. The molecule has 0 saturated heterocycles. The van der Waals surface area contributed by atoms with Crippen molar-refractivity contribution < 1.29 is 9.53 Å². The van der Waals surface area contributed by atoms with Gasteiger partial charge in [-0.1, -0.05) is 6.07 Å². The molecule has 1 aromatic heterocycles. The van der Waals surface area contributed by atoms with Crippen molar-refractivity contribution in [3.63, 3.8) is 0 Å². The average Bonchev–Trinajstić information content (AvgIpc) is 3.01. The highest BCUT2D eigenvalue weighted by molar-refractivity contribution is 7.09. The van der Waals surface area contributed by atoms with Crippen LogP contribution >= 0.6 is 11.3 Å². The maximum atomic E-state index is 11.0. The SMILES string of the molecule is CN=C(NCCCCC(=O)OC)N(C)CCc1cccs1. The molecule has 0 aliphatic heterocycles. The van der Waals surface area contributed by atoms with E-state index in [-0.39, 0.29) is 5.97 Å². The Morgan fingerprint density at radius 2 is 2.29 bits per heavy atom. The lowest BCUT2D eigenvalue weighted by atomic mass is 10.2. The van der Waals surface area contributed by atoms with Gasteiger partial charge in [-0.05, 0) is 30.7 Å². The fourth-order valence-corrected chi connectivity index (χ4v) is 2.62. The second-order valence-corrected chi connectivity index (χ2v) is 5.79. The summed E-state index contributed by atoms with van der Waals surface area (Å²) in [5.41, 5.74) is 0. The van der Waals surface area contributed by atoms with Crippen LogP contribution in [0.5, 0.6) is 0 Å². The quantitative estimate of drug-likeness (QED) is 0.346. The number of methoxy groups -OCH3 is 1. The van der Waals surface area contributed by atoms with E-state index in [1.165, 1.54) is 12.0 Å². The molecule has 0 fully saturated rings. The predicted molar refractivity (Wildman–Crippen MR) is 87.9 cm³/mol. The maximum absolute atomic E-state index is 11.0. The molecule has 0 spiro atoms. The third-order valence-corrected chi connectivity index (χ3v) is 4.10. The molecule has 0 unspecified atom stereocenters. The lowest BCUT2D eigenvalue weighted by Crippen LogP contribution is -2.40. The highest BCUT2D eigenvalue weighted by Gasteiger charge is 2.06. The van der Waals surface area contributed by atoms with Crippen molar-refractivity contribution in [1.29, 1.82) is 0 Å². The van der Waals surface area contributed by atoms with Crippen LogP contribution in [0.15, 0.2) is 22.5 Å². The third kappa shape index (κ3) is 7.13. The number of hydrogen-bond donors (Lipinski definition) is 1. The zero-order valence-electron chi connectivity index (χ0n) is 13.1. The van der Waals surface area contributed by atoms with Crippen LogP contribution in [-0.4, -0.2) is 51.1 Å². The van der Waals surface area contributed by atoms with E-state index < -0.39 is 0 Å². The molecule has 0 amide bonds. The Balaban J connectivity index is 2.19. The van der Waals surface area contributed by atoms with Gasteiger partial charge in [0.1, 0.15) is 0 Å². The number of likely N-dealkylation sites (N-methyl/N-ethyl adjacent to an activating group) is 1. The Morgan fingerprint density at radius 1 is 1.48 bits per heavy atom. The normalized spacial score (nSPS) is 11.3. The van der Waals surface area contributed by atoms with Gasteiger partial charge in [0.05, 0.1) is 7.11 Å². The van der Waals surface area contributed by atoms with Gasteiger partial charge in [0.25, 0.3) is 0 Å². The number of thiophene rings is 1. The van der Waals surface area contributed by atoms with Gasteiger partial charge in [-0.2, -0.15) is 0 Å². The smallest absolute Gasteiger partial charge is 0.305 e. The van der Waals surface area contributed by atoms with Gasteiger partial charge in [0.15, 0.2) is 5.96 Å². The summed E-state index contributed by atoms with van der Waals surface area (Å²) in [5, 5.41) is 5.42. The van der Waals surface area contributed by atoms with Gasteiger partial charge < -0.3 is 15.0 Å². The highest BCUT2D eigenvalue weighted by atomic mass is 32.1. The molecule has 0 saturated carbocycles. The second-order valence-electron chi connectivity index (χ2n) is 4.76. The number of nitrogens with one attached hydrogen (secondary N) is 1. The van der Waals surface area contributed by atoms with E-state index in [1.807, 2.05) is 7.05 Å². The molecular formula is C15H25N3O2S. The molecule has 21 heavy (non-hydrogen) atoms. The van der Waals surface area contributed by atoms with Gasteiger partial charge >= 0.3 is 5.97 Å². The Kier molecular flexibility index (Phi) is 8.50. The van der Waals surface area contributed by atoms with E-state index in [9.17, 15) is 4.79 Å². The number of aliphatic imine (C=N–C) groups is 1. The third-order valence-electron chi connectivity index (χ3n) is 3.17. The van der Waals surface area contributed by atoms with Crippen molar-refractivity contribution in [2.45, 2.75) is 25.7 Å². The van der Waals surface area contributed by atoms with E-state index in [0.29, 0.717) is 6.42 Å². The fraction of sp³-hybridized carbons (Fsp3) is 0.600. The molecular weight excluding hydrogens is 286 g/mol. The van der Waals surface area contributed by atoms with Gasteiger partial charge in [-0.25, -0.2) is 0 Å². The molecule has 0 aliphatic rings. The van der Waals surface area contributed by atoms with Gasteiger partial charge in [-0.15, -0.1) is 11.3 Å². The summed E-state index contributed by atoms with van der Waals surface area (Å²) < 4.78 is 4.61. The Morgan fingerprint density at radius 3 is 2.90 bits per heavy atom. The van der Waals surface area contributed by atoms with Crippen molar-refractivity contribution in [3.8, 4) is 0 Å². The number of ether oxygens (including phenoxy) is 1. The summed E-state index contributed by atoms with van der Waals surface area (Å²) in [6.45, 7) is 1.75. The summed E-state index contributed by atoms with van der Waals surface area (Å²) in [5.74, 6) is 0.747. The maximum Gasteiger partial charge on any atom is 0.305 e. The molecule has 1 heterocycles. The first kappa shape index (κ1) is 17.5. The van der Waals surface area contributed by atoms with Crippen LogP contribution in [0.3, 0.4) is 0 Å². The van der Waals surface area contributed by atoms with E-state index in [1.54, 1.807) is 18.4 Å². The van der Waals surface area contributed by atoms with Crippen molar-refractivity contribution >= 4 is 23.3 Å². The predicted octanol–water partition coefficient (Wildman–Crippen LogP) is 2.14. The van der Waals surface area contributed by atoms with E-state index >= 15 is 0 Å². The van der Waals surface area contributed by atoms with Crippen LogP contribution in [0.4, 0.5) is 0 Å². The standard InChI is InChI=1S/C15H25N3O2S/c1-16-15(17-10-5-4-8-14(19)20-3)18(2)11-9-13-7-6-12-21-13/h6-7,12H,4-5,8-11H2,1-3H3,(H,16,17). The summed E-state index contributed by atoms with van der Waals surface area (Å²) in [6, 6.07) is 4.23. The number of esters is 1. The molecule has 6 heteroatoms. The molecule has 1 N–H and O–H groups in total. The first-order valence-electron chi connectivity index (χ1n) is 7.18. The molecule has 5 nitrogen and oxygen atoms in total. The van der Waals surface area contributed by atoms with Gasteiger partial charge in [-0.3, -0.25) is 9.79 Å². The van der Waals surface area contributed by atoms with Crippen LogP contribution < -0.4 is 5.32 Å². The molecule has 0 aromatic carbocycles. The Hall–Kier alpha value is -1.56. The van der Waals surface area contributed by atoms with Crippen molar-refractivity contribution in [3.05, 3.63) is 22.4 Å². The minimum atomic E-state index is -0.146. The first-order chi connectivity index (χ1) is 10.2. The van der Waals surface area contributed by atoms with Crippen molar-refractivity contribution in [2.24, 2.45) is 4.99 Å². The summed E-state index contributed by atoms with van der Waals surface area (Å²) in [4.78, 5) is 18.8. The van der Waals surface area contributed by atoms with Gasteiger partial charge in [0, 0.05) is 38.5 Å². The average molecular weight is 311 g/mol. The zero-order valence-corrected chi connectivity index (χ0v) is 13.9. The second kappa shape index (κ2) is 10.2. The topological polar surface area (TPSA) is 53.9 Å². The Bertz CT molecular complexity index is 432. The molecule has 0 radical (unpaired) electrons. The van der Waals surface area contributed by atoms with Crippen LogP contribution in [0.2, 0.25) is 0 Å². The zero-order chi connectivity index (χ0) is 15.5. The minimum absolute atomic E-state index is 0.146. The lowest BCUT2D eigenvalue weighted by Gasteiger charge is -2.21. The minimum Gasteiger partial charge on any atom is -0.469 e. The van der Waals surface area contributed by atoms with Crippen LogP contribution in [0, 0.1) is 0 Å². The van der Waals surface area contributed by atoms with E-state index in [2.05, 4.69) is 37.5 Å². The summed E-state index contributed by atoms with van der Waals surface area (Å²) in [7, 11) is 5.25. The largest absolute Gasteiger partial charge is 0.469 e. The number of nitrogens with zero attached hydrogens (tertiary/aromatic N) is 2. The van der Waals surface area contributed by atoms with Crippen LogP contribution in [0.25, 0.3) is 0 Å². The number of unbranched alkanes of at least 4 members (excludes halogenated alkanes) is 1.